The average molecular weight is 503 g/mol. The Hall–Kier alpha value is -1.28. The van der Waals surface area contributed by atoms with Crippen molar-refractivity contribution in [2.24, 2.45) is 4.99 Å². The van der Waals surface area contributed by atoms with Crippen LogP contribution in [0.5, 0.6) is 5.75 Å². The molecule has 0 aromatic heterocycles. The van der Waals surface area contributed by atoms with Gasteiger partial charge in [-0.05, 0) is 58.0 Å². The number of thioether (sulfide) groups is 1. The number of amides is 1. The van der Waals surface area contributed by atoms with E-state index in [2.05, 4.69) is 42.2 Å². The van der Waals surface area contributed by atoms with Crippen LogP contribution in [0.25, 0.3) is 6.08 Å². The van der Waals surface area contributed by atoms with Gasteiger partial charge in [-0.2, -0.15) is 0 Å². The highest BCUT2D eigenvalue weighted by Crippen LogP contribution is 2.37. The van der Waals surface area contributed by atoms with Crippen LogP contribution in [0.2, 0.25) is 5.02 Å². The van der Waals surface area contributed by atoms with Crippen molar-refractivity contribution in [3.8, 4) is 5.75 Å². The smallest absolute Gasteiger partial charge is 0.264 e. The molecule has 4 nitrogen and oxygen atoms in total. The molecule has 1 aliphatic rings. The number of methoxy groups -OCH3 is 1. The van der Waals surface area contributed by atoms with E-state index in [1.54, 1.807) is 25.3 Å². The summed E-state index contributed by atoms with van der Waals surface area (Å²) in [6, 6.07) is 11.0. The highest BCUT2D eigenvalue weighted by atomic mass is 79.9. The summed E-state index contributed by atoms with van der Waals surface area (Å²) >= 11 is 14.3. The first-order chi connectivity index (χ1) is 12.0. The minimum absolute atomic E-state index is 0.214. The molecule has 1 fully saturated rings. The maximum Gasteiger partial charge on any atom is 0.264 e. The summed E-state index contributed by atoms with van der Waals surface area (Å²) < 4.78 is 7.09. The van der Waals surface area contributed by atoms with Crippen LogP contribution in [0.3, 0.4) is 0 Å². The molecule has 2 aromatic rings. The number of ether oxygens (including phenoxy) is 1. The molecule has 0 saturated carbocycles. The maximum absolute atomic E-state index is 12.3. The molecule has 0 aliphatic carbocycles. The number of carbonyl (C=O) groups is 1. The number of hydrogen-bond acceptors (Lipinski definition) is 4. The molecule has 1 aliphatic heterocycles. The summed E-state index contributed by atoms with van der Waals surface area (Å²) in [4.78, 5) is 17.2. The van der Waals surface area contributed by atoms with E-state index in [4.69, 9.17) is 16.3 Å². The molecule has 1 N–H and O–H groups in total. The van der Waals surface area contributed by atoms with Gasteiger partial charge in [-0.25, -0.2) is 4.99 Å². The van der Waals surface area contributed by atoms with Crippen molar-refractivity contribution < 1.29 is 9.53 Å². The van der Waals surface area contributed by atoms with Crippen LogP contribution >= 0.6 is 55.2 Å². The van der Waals surface area contributed by atoms with Crippen LogP contribution in [-0.4, -0.2) is 18.2 Å². The Labute approximate surface area is 170 Å². The number of amidine groups is 1. The second-order valence-electron chi connectivity index (χ2n) is 4.94. The minimum Gasteiger partial charge on any atom is -0.495 e. The molecular weight excluding hydrogens is 492 g/mol. The van der Waals surface area contributed by atoms with E-state index in [-0.39, 0.29) is 5.91 Å². The van der Waals surface area contributed by atoms with Crippen molar-refractivity contribution in [1.29, 1.82) is 0 Å². The summed E-state index contributed by atoms with van der Waals surface area (Å²) in [5.74, 6) is 0.439. The van der Waals surface area contributed by atoms with Gasteiger partial charge >= 0.3 is 0 Å². The molecule has 0 bridgehead atoms. The molecule has 0 unspecified atom stereocenters. The van der Waals surface area contributed by atoms with Crippen LogP contribution in [0, 0.1) is 0 Å². The molecule has 128 valence electrons. The first kappa shape index (κ1) is 18.5. The Balaban J connectivity index is 1.94. The minimum atomic E-state index is -0.214. The number of nitrogens with zero attached hydrogens (tertiary/aromatic N) is 1. The second kappa shape index (κ2) is 7.95. The number of nitrogens with one attached hydrogen (secondary N) is 1. The van der Waals surface area contributed by atoms with Gasteiger partial charge in [-0.1, -0.05) is 39.7 Å². The van der Waals surface area contributed by atoms with Gasteiger partial charge in [-0.15, -0.1) is 0 Å². The van der Waals surface area contributed by atoms with Gasteiger partial charge in [0.1, 0.15) is 5.75 Å². The van der Waals surface area contributed by atoms with Gasteiger partial charge in [0.2, 0.25) is 0 Å². The van der Waals surface area contributed by atoms with E-state index in [0.29, 0.717) is 26.5 Å². The molecule has 2 aromatic carbocycles. The zero-order chi connectivity index (χ0) is 18.0. The molecule has 3 rings (SSSR count). The quantitative estimate of drug-likeness (QED) is 0.543. The number of halogens is 3. The number of benzene rings is 2. The number of para-hydroxylation sites is 1. The SMILES string of the molecule is COc1c(Br)cc(Br)cc1/C=C1/SC(=Nc2ccccc2Cl)NC1=O. The molecule has 1 amide bonds. The van der Waals surface area contributed by atoms with E-state index in [1.165, 1.54) is 11.8 Å². The number of rotatable bonds is 3. The largest absolute Gasteiger partial charge is 0.495 e. The Kier molecular flexibility index (Phi) is 5.89. The fourth-order valence-corrected chi connectivity index (χ4v) is 4.60. The third-order valence-corrected chi connectivity index (χ3v) is 5.53. The van der Waals surface area contributed by atoms with Gasteiger partial charge in [0.25, 0.3) is 5.91 Å². The van der Waals surface area contributed by atoms with Crippen LogP contribution in [0.15, 0.2) is 55.2 Å². The molecule has 0 radical (unpaired) electrons. The lowest BCUT2D eigenvalue weighted by Crippen LogP contribution is -2.19. The van der Waals surface area contributed by atoms with Crippen molar-refractivity contribution in [1.82, 2.24) is 5.32 Å². The average Bonchev–Trinajstić information content (AvgIpc) is 2.89. The summed E-state index contributed by atoms with van der Waals surface area (Å²) in [5, 5.41) is 3.76. The molecule has 1 heterocycles. The first-order valence-corrected chi connectivity index (χ1v) is 9.83. The molecule has 1 saturated heterocycles. The summed E-state index contributed by atoms with van der Waals surface area (Å²) in [7, 11) is 1.59. The summed E-state index contributed by atoms with van der Waals surface area (Å²) in [6.45, 7) is 0. The van der Waals surface area contributed by atoms with Gasteiger partial charge in [0, 0.05) is 10.0 Å². The Morgan fingerprint density at radius 1 is 1.28 bits per heavy atom. The highest BCUT2D eigenvalue weighted by Gasteiger charge is 2.25. The maximum atomic E-state index is 12.3. The topological polar surface area (TPSA) is 50.7 Å². The summed E-state index contributed by atoms with van der Waals surface area (Å²) in [6.07, 6.45) is 1.77. The molecule has 0 atom stereocenters. The lowest BCUT2D eigenvalue weighted by atomic mass is 10.2. The number of aliphatic imine (C=N–C) groups is 1. The molecule has 8 heteroatoms. The Morgan fingerprint density at radius 2 is 2.04 bits per heavy atom. The second-order valence-corrected chi connectivity index (χ2v) is 8.15. The van der Waals surface area contributed by atoms with Crippen LogP contribution in [-0.2, 0) is 4.79 Å². The Morgan fingerprint density at radius 3 is 2.76 bits per heavy atom. The van der Waals surface area contributed by atoms with E-state index < -0.39 is 0 Å². The first-order valence-electron chi connectivity index (χ1n) is 7.05. The van der Waals surface area contributed by atoms with E-state index >= 15 is 0 Å². The van der Waals surface area contributed by atoms with Gasteiger partial charge in [0.15, 0.2) is 5.17 Å². The van der Waals surface area contributed by atoms with Gasteiger partial charge in [0.05, 0.1) is 27.2 Å². The highest BCUT2D eigenvalue weighted by molar-refractivity contribution is 9.11. The van der Waals surface area contributed by atoms with Crippen molar-refractivity contribution in [3.63, 3.8) is 0 Å². The fraction of sp³-hybridized carbons (Fsp3) is 0.0588. The lowest BCUT2D eigenvalue weighted by Gasteiger charge is -2.08. The lowest BCUT2D eigenvalue weighted by molar-refractivity contribution is -0.115. The Bertz CT molecular complexity index is 916. The van der Waals surface area contributed by atoms with E-state index in [0.717, 1.165) is 14.5 Å². The fourth-order valence-electron chi connectivity index (χ4n) is 2.18. The third-order valence-electron chi connectivity index (χ3n) is 3.25. The molecule has 0 spiro atoms. The van der Waals surface area contributed by atoms with E-state index in [9.17, 15) is 4.79 Å². The predicted molar refractivity (Wildman–Crippen MR) is 111 cm³/mol. The third kappa shape index (κ3) is 4.28. The van der Waals surface area contributed by atoms with Crippen molar-refractivity contribution in [2.45, 2.75) is 0 Å². The zero-order valence-corrected chi connectivity index (χ0v) is 17.6. The number of carbonyl (C=O) groups excluding carboxylic acids is 1. The van der Waals surface area contributed by atoms with E-state index in [1.807, 2.05) is 24.3 Å². The van der Waals surface area contributed by atoms with Gasteiger partial charge < -0.3 is 10.1 Å². The molecular formula is C17H11Br2ClN2O2S. The summed E-state index contributed by atoms with van der Waals surface area (Å²) in [5.41, 5.74) is 1.39. The zero-order valence-electron chi connectivity index (χ0n) is 12.8. The number of hydrogen-bond donors (Lipinski definition) is 1. The van der Waals surface area contributed by atoms with Crippen LogP contribution < -0.4 is 10.1 Å². The predicted octanol–water partition coefficient (Wildman–Crippen LogP) is 5.77. The monoisotopic (exact) mass is 500 g/mol. The standard InChI is InChI=1S/C17H11Br2ClN2O2S/c1-24-15-9(6-10(18)8-11(15)19)7-14-16(23)22-17(25-14)21-13-5-3-2-4-12(13)20/h2-8H,1H3,(H,21,22,23)/b14-7+. The van der Waals surface area contributed by atoms with Crippen molar-refractivity contribution in [2.75, 3.05) is 7.11 Å². The molecule has 25 heavy (non-hydrogen) atoms. The van der Waals surface area contributed by atoms with Gasteiger partial charge in [-0.3, -0.25) is 4.79 Å². The van der Waals surface area contributed by atoms with Crippen LogP contribution in [0.4, 0.5) is 5.69 Å². The van der Waals surface area contributed by atoms with Crippen LogP contribution in [0.1, 0.15) is 5.56 Å². The van der Waals surface area contributed by atoms with Crippen molar-refractivity contribution >= 4 is 78.1 Å². The van der Waals surface area contributed by atoms with Crippen molar-refractivity contribution in [3.05, 3.63) is 60.8 Å². The normalized spacial score (nSPS) is 17.2.